The molecule has 2 aliphatic heterocycles. The average Bonchev–Trinajstić information content (AvgIpc) is 3.21. The highest BCUT2D eigenvalue weighted by Gasteiger charge is 2.52. The topological polar surface area (TPSA) is 73.5 Å². The van der Waals surface area contributed by atoms with Gasteiger partial charge in [-0.3, -0.25) is 9.69 Å². The quantitative estimate of drug-likeness (QED) is 0.749. The van der Waals surface area contributed by atoms with Crippen molar-refractivity contribution in [3.05, 3.63) is 29.6 Å². The van der Waals surface area contributed by atoms with E-state index in [0.717, 1.165) is 94.0 Å². The highest BCUT2D eigenvalue weighted by atomic mass is 16.5. The third kappa shape index (κ3) is 4.18. The lowest BCUT2D eigenvalue weighted by Crippen LogP contribution is -2.60. The van der Waals surface area contributed by atoms with Gasteiger partial charge in [0.2, 0.25) is 5.91 Å². The van der Waals surface area contributed by atoms with E-state index in [4.69, 9.17) is 4.74 Å². The second-order valence-electron chi connectivity index (χ2n) is 9.94. The fourth-order valence-corrected chi connectivity index (χ4v) is 6.29. The van der Waals surface area contributed by atoms with E-state index in [1.54, 1.807) is 0 Å². The Morgan fingerprint density at radius 2 is 2.12 bits per heavy atom. The van der Waals surface area contributed by atoms with Crippen molar-refractivity contribution in [1.82, 2.24) is 25.1 Å². The van der Waals surface area contributed by atoms with Gasteiger partial charge in [0, 0.05) is 32.2 Å². The van der Waals surface area contributed by atoms with E-state index in [-0.39, 0.29) is 11.3 Å². The molecule has 1 aliphatic carbocycles. The predicted molar refractivity (Wildman–Crippen MR) is 125 cm³/mol. The van der Waals surface area contributed by atoms with Crippen LogP contribution in [0.4, 0.5) is 0 Å². The molecule has 3 heterocycles. The molecule has 1 aromatic heterocycles. The van der Waals surface area contributed by atoms with E-state index in [0.29, 0.717) is 18.5 Å². The molecule has 1 amide bonds. The van der Waals surface area contributed by atoms with Crippen LogP contribution >= 0.6 is 0 Å². The largest absolute Gasteiger partial charge is 0.379 e. The number of aromatic amines is 1. The molecule has 0 radical (unpaired) electrons. The first-order valence-corrected chi connectivity index (χ1v) is 12.3. The van der Waals surface area contributed by atoms with Gasteiger partial charge in [0.05, 0.1) is 29.7 Å². The van der Waals surface area contributed by atoms with Gasteiger partial charge in [-0.1, -0.05) is 13.0 Å². The van der Waals surface area contributed by atoms with Crippen molar-refractivity contribution in [3.63, 3.8) is 0 Å². The molecule has 2 aromatic rings. The minimum absolute atomic E-state index is 0.252. The fourth-order valence-electron chi connectivity index (χ4n) is 6.29. The maximum absolute atomic E-state index is 13.7. The van der Waals surface area contributed by atoms with Crippen LogP contribution in [-0.2, 0) is 16.1 Å². The first-order valence-electron chi connectivity index (χ1n) is 12.3. The summed E-state index contributed by atoms with van der Waals surface area (Å²) in [7, 11) is 0. The number of likely N-dealkylation sites (tertiary alicyclic amines) is 1. The SMILES string of the molecule is CCN1CC[C@@H]2C[C@@H](N3CCOCC3)CC[C@@]2(C(=O)NCc2ccc3nc(C)[nH]c3c2)C1. The van der Waals surface area contributed by atoms with Crippen molar-refractivity contribution in [3.8, 4) is 0 Å². The summed E-state index contributed by atoms with van der Waals surface area (Å²) in [5.74, 6) is 1.63. The molecular formula is C25H37N5O2. The number of fused-ring (bicyclic) bond motifs is 2. The monoisotopic (exact) mass is 439 g/mol. The zero-order chi connectivity index (χ0) is 22.1. The number of carbonyl (C=O) groups excluding carboxylic acids is 1. The van der Waals surface area contributed by atoms with E-state index < -0.39 is 0 Å². The van der Waals surface area contributed by atoms with Crippen LogP contribution in [0.5, 0.6) is 0 Å². The second kappa shape index (κ2) is 9.12. The molecule has 0 spiro atoms. The van der Waals surface area contributed by atoms with Gasteiger partial charge in [-0.25, -0.2) is 4.98 Å². The van der Waals surface area contributed by atoms with E-state index >= 15 is 0 Å². The number of hydrogen-bond acceptors (Lipinski definition) is 5. The smallest absolute Gasteiger partial charge is 0.228 e. The Morgan fingerprint density at radius 1 is 1.28 bits per heavy atom. The molecule has 1 saturated carbocycles. The molecular weight excluding hydrogens is 402 g/mol. The van der Waals surface area contributed by atoms with Crippen molar-refractivity contribution in [2.45, 2.75) is 52.1 Å². The number of nitrogens with zero attached hydrogens (tertiary/aromatic N) is 3. The Balaban J connectivity index is 1.30. The molecule has 0 bridgehead atoms. The van der Waals surface area contributed by atoms with Crippen molar-refractivity contribution in [2.75, 3.05) is 45.9 Å². The number of carbonyl (C=O) groups is 1. The number of imidazole rings is 1. The van der Waals surface area contributed by atoms with Crippen LogP contribution in [0.25, 0.3) is 11.0 Å². The highest BCUT2D eigenvalue weighted by molar-refractivity contribution is 5.84. The molecule has 0 unspecified atom stereocenters. The molecule has 2 N–H and O–H groups in total. The highest BCUT2D eigenvalue weighted by Crippen LogP contribution is 2.48. The Bertz CT molecular complexity index is 953. The Kier molecular flexibility index (Phi) is 6.23. The predicted octanol–water partition coefficient (Wildman–Crippen LogP) is 2.70. The van der Waals surface area contributed by atoms with Gasteiger partial charge in [0.25, 0.3) is 0 Å². The van der Waals surface area contributed by atoms with Gasteiger partial charge in [-0.05, 0) is 69.3 Å². The molecule has 5 rings (SSSR count). The first kappa shape index (κ1) is 21.9. The number of nitrogens with one attached hydrogen (secondary N) is 2. The van der Waals surface area contributed by atoms with Gasteiger partial charge in [0.15, 0.2) is 0 Å². The molecule has 2 saturated heterocycles. The van der Waals surface area contributed by atoms with Crippen molar-refractivity contribution >= 4 is 16.9 Å². The third-order valence-corrected chi connectivity index (χ3v) is 8.14. The number of rotatable bonds is 5. The number of aryl methyl sites for hydroxylation is 1. The van der Waals surface area contributed by atoms with E-state index in [2.05, 4.69) is 44.1 Å². The fraction of sp³-hybridized carbons (Fsp3) is 0.680. The van der Waals surface area contributed by atoms with Gasteiger partial charge >= 0.3 is 0 Å². The molecule has 32 heavy (non-hydrogen) atoms. The van der Waals surface area contributed by atoms with Gasteiger partial charge in [0.1, 0.15) is 5.82 Å². The number of H-pyrrole nitrogens is 1. The Hall–Kier alpha value is -1.96. The summed E-state index contributed by atoms with van der Waals surface area (Å²) >= 11 is 0. The summed E-state index contributed by atoms with van der Waals surface area (Å²) in [4.78, 5) is 26.6. The standard InChI is InChI=1S/C25H37N5O2/c1-3-29-9-7-20-15-21(30-10-12-32-13-11-30)6-8-25(20,17-29)24(31)26-16-19-4-5-22-23(14-19)28-18(2)27-22/h4-5,14,20-21H,3,6-13,15-17H2,1-2H3,(H,26,31)(H,27,28)/t20-,21+,25-/m1/s1. The second-order valence-corrected chi connectivity index (χ2v) is 9.94. The van der Waals surface area contributed by atoms with E-state index in [9.17, 15) is 4.79 Å². The maximum Gasteiger partial charge on any atom is 0.228 e. The minimum atomic E-state index is -0.258. The van der Waals surface area contributed by atoms with E-state index in [1.165, 1.54) is 0 Å². The molecule has 3 atom stereocenters. The van der Waals surface area contributed by atoms with Crippen LogP contribution in [0.2, 0.25) is 0 Å². The number of amides is 1. The van der Waals surface area contributed by atoms with Gasteiger partial charge in [-0.2, -0.15) is 0 Å². The third-order valence-electron chi connectivity index (χ3n) is 8.14. The Labute approximate surface area is 190 Å². The van der Waals surface area contributed by atoms with Crippen LogP contribution in [0.3, 0.4) is 0 Å². The number of benzene rings is 1. The number of aromatic nitrogens is 2. The summed E-state index contributed by atoms with van der Waals surface area (Å²) in [6.45, 7) is 11.5. The summed E-state index contributed by atoms with van der Waals surface area (Å²) in [5, 5.41) is 3.34. The summed E-state index contributed by atoms with van der Waals surface area (Å²) in [5.41, 5.74) is 2.87. The van der Waals surface area contributed by atoms with Crippen molar-refractivity contribution in [2.24, 2.45) is 11.3 Å². The zero-order valence-electron chi connectivity index (χ0n) is 19.5. The number of piperidine rings is 1. The first-order chi connectivity index (χ1) is 15.6. The van der Waals surface area contributed by atoms with E-state index in [1.807, 2.05) is 13.0 Å². The summed E-state index contributed by atoms with van der Waals surface area (Å²) < 4.78 is 5.57. The van der Waals surface area contributed by atoms with Crippen LogP contribution < -0.4 is 5.32 Å². The Morgan fingerprint density at radius 3 is 2.94 bits per heavy atom. The minimum Gasteiger partial charge on any atom is -0.379 e. The number of ether oxygens (including phenoxy) is 1. The maximum atomic E-state index is 13.7. The molecule has 1 aromatic carbocycles. The normalized spacial score (nSPS) is 29.7. The number of morpholine rings is 1. The lowest BCUT2D eigenvalue weighted by molar-refractivity contribution is -0.145. The lowest BCUT2D eigenvalue weighted by Gasteiger charge is -2.53. The van der Waals surface area contributed by atoms with Crippen LogP contribution in [0, 0.1) is 18.3 Å². The summed E-state index contributed by atoms with van der Waals surface area (Å²) in [6.07, 6.45) is 4.37. The van der Waals surface area contributed by atoms with Gasteiger partial charge in [-0.15, -0.1) is 0 Å². The van der Waals surface area contributed by atoms with Crippen molar-refractivity contribution in [1.29, 1.82) is 0 Å². The zero-order valence-corrected chi connectivity index (χ0v) is 19.5. The van der Waals surface area contributed by atoms with Crippen LogP contribution in [0.1, 0.15) is 44.0 Å². The molecule has 174 valence electrons. The molecule has 7 heteroatoms. The summed E-state index contributed by atoms with van der Waals surface area (Å²) in [6, 6.07) is 6.82. The van der Waals surface area contributed by atoms with Crippen LogP contribution in [-0.4, -0.2) is 77.7 Å². The molecule has 3 fully saturated rings. The van der Waals surface area contributed by atoms with Crippen LogP contribution in [0.15, 0.2) is 18.2 Å². The molecule has 3 aliphatic rings. The number of hydrogen-bond donors (Lipinski definition) is 2. The van der Waals surface area contributed by atoms with Crippen molar-refractivity contribution < 1.29 is 9.53 Å². The van der Waals surface area contributed by atoms with Gasteiger partial charge < -0.3 is 19.9 Å². The molecule has 7 nitrogen and oxygen atoms in total. The average molecular weight is 440 g/mol. The lowest BCUT2D eigenvalue weighted by atomic mass is 9.61.